The number of para-hydroxylation sites is 1. The van der Waals surface area contributed by atoms with E-state index >= 15 is 4.79 Å². The first-order valence-electron chi connectivity index (χ1n) is 18.4. The van der Waals surface area contributed by atoms with Crippen molar-refractivity contribution in [2.24, 2.45) is 5.92 Å². The number of anilines is 2. The standard InChI is InChI=1S/C42H45N5O5Si/c1-28-40(53(3,4)33-19-17-32(51-2)18-20-33)37(21-23-45-27-35(43-44-45)39(49)30-12-6-5-7-13-30)52-42(28)34-15-8-9-16-36(34)47(41(42)50)26-29-11-10-14-31(25-29)46-24-22-38(46)48/h5-20,25,27-28,37,39-40,49H,21-24,26H2,1-4H3/t28-,37+,39-,40-,42+/m1/s1. The van der Waals surface area contributed by atoms with Crippen LogP contribution in [0, 0.1) is 5.92 Å². The van der Waals surface area contributed by atoms with Gasteiger partial charge in [0.1, 0.15) is 17.5 Å². The van der Waals surface area contributed by atoms with Gasteiger partial charge in [-0.05, 0) is 53.4 Å². The predicted octanol–water partition coefficient (Wildman–Crippen LogP) is 5.96. The van der Waals surface area contributed by atoms with Gasteiger partial charge in [0.2, 0.25) is 5.91 Å². The van der Waals surface area contributed by atoms with E-state index in [1.165, 1.54) is 5.19 Å². The maximum atomic E-state index is 15.1. The molecule has 4 heterocycles. The van der Waals surface area contributed by atoms with Crippen LogP contribution in [0.5, 0.6) is 5.75 Å². The zero-order valence-electron chi connectivity index (χ0n) is 30.6. The number of aryl methyl sites for hydroxylation is 1. The van der Waals surface area contributed by atoms with Gasteiger partial charge in [0.05, 0.1) is 39.7 Å². The average Bonchev–Trinajstić information content (AvgIpc) is 3.84. The van der Waals surface area contributed by atoms with Gasteiger partial charge in [0, 0.05) is 36.7 Å². The fourth-order valence-corrected chi connectivity index (χ4v) is 13.0. The molecule has 10 nitrogen and oxygen atoms in total. The number of fused-ring (bicyclic) bond motifs is 2. The van der Waals surface area contributed by atoms with Gasteiger partial charge in [0.25, 0.3) is 5.91 Å². The fourth-order valence-electron chi connectivity index (χ4n) is 8.90. The summed E-state index contributed by atoms with van der Waals surface area (Å²) >= 11 is 0. The summed E-state index contributed by atoms with van der Waals surface area (Å²) in [5.74, 6) is 0.719. The van der Waals surface area contributed by atoms with E-state index in [-0.39, 0.29) is 29.4 Å². The van der Waals surface area contributed by atoms with Gasteiger partial charge in [0.15, 0.2) is 5.60 Å². The minimum Gasteiger partial charge on any atom is -0.497 e. The van der Waals surface area contributed by atoms with Crippen molar-refractivity contribution in [1.29, 1.82) is 0 Å². The van der Waals surface area contributed by atoms with E-state index in [0.29, 0.717) is 38.2 Å². The van der Waals surface area contributed by atoms with Crippen LogP contribution in [0.1, 0.15) is 48.3 Å². The van der Waals surface area contributed by atoms with Gasteiger partial charge in [-0.2, -0.15) is 0 Å². The first-order chi connectivity index (χ1) is 25.6. The number of aliphatic hydroxyl groups excluding tert-OH is 1. The van der Waals surface area contributed by atoms with Crippen LogP contribution in [0.15, 0.2) is 109 Å². The molecule has 0 saturated carbocycles. The smallest absolute Gasteiger partial charge is 0.264 e. The Morgan fingerprint density at radius 2 is 1.74 bits per heavy atom. The van der Waals surface area contributed by atoms with E-state index in [9.17, 15) is 9.90 Å². The Labute approximate surface area is 311 Å². The Hall–Kier alpha value is -5.10. The van der Waals surface area contributed by atoms with Crippen molar-refractivity contribution < 1.29 is 24.2 Å². The molecule has 4 aromatic carbocycles. The highest BCUT2D eigenvalue weighted by Crippen LogP contribution is 2.60. The molecule has 1 spiro atoms. The number of rotatable bonds is 11. The monoisotopic (exact) mass is 727 g/mol. The number of carbonyl (C=O) groups is 2. The molecule has 53 heavy (non-hydrogen) atoms. The lowest BCUT2D eigenvalue weighted by atomic mass is 9.82. The zero-order valence-corrected chi connectivity index (χ0v) is 31.6. The minimum absolute atomic E-state index is 0.0577. The van der Waals surface area contributed by atoms with Crippen molar-refractivity contribution in [3.05, 3.63) is 132 Å². The third-order valence-electron chi connectivity index (χ3n) is 11.8. The summed E-state index contributed by atoms with van der Waals surface area (Å²) in [5, 5.41) is 21.0. The summed E-state index contributed by atoms with van der Waals surface area (Å²) in [6.07, 6.45) is 1.82. The van der Waals surface area contributed by atoms with Crippen LogP contribution >= 0.6 is 0 Å². The maximum absolute atomic E-state index is 15.1. The van der Waals surface area contributed by atoms with Crippen LogP contribution < -0.4 is 19.7 Å². The fraction of sp³-hybridized carbons (Fsp3) is 0.333. The first-order valence-corrected chi connectivity index (χ1v) is 21.5. The van der Waals surface area contributed by atoms with Gasteiger partial charge in [-0.15, -0.1) is 5.10 Å². The Bertz CT molecular complexity index is 2140. The third kappa shape index (κ3) is 5.96. The van der Waals surface area contributed by atoms with E-state index in [1.807, 2.05) is 89.8 Å². The highest BCUT2D eigenvalue weighted by atomic mass is 28.3. The van der Waals surface area contributed by atoms with Crippen LogP contribution in [0.25, 0.3) is 0 Å². The highest BCUT2D eigenvalue weighted by molar-refractivity contribution is 6.91. The van der Waals surface area contributed by atoms with Crippen molar-refractivity contribution in [1.82, 2.24) is 15.0 Å². The molecular weight excluding hydrogens is 683 g/mol. The number of carbonyl (C=O) groups excluding carboxylic acids is 2. The van der Waals surface area contributed by atoms with Crippen molar-refractivity contribution in [2.45, 2.75) is 69.3 Å². The summed E-state index contributed by atoms with van der Waals surface area (Å²) < 4.78 is 14.6. The van der Waals surface area contributed by atoms with Crippen molar-refractivity contribution >= 4 is 36.4 Å². The zero-order chi connectivity index (χ0) is 36.9. The van der Waals surface area contributed by atoms with Gasteiger partial charge in [-0.1, -0.05) is 103 Å². The number of nitrogens with zero attached hydrogens (tertiary/aromatic N) is 5. The molecule has 0 aliphatic carbocycles. The molecule has 1 aromatic heterocycles. The van der Waals surface area contributed by atoms with E-state index in [0.717, 1.165) is 33.8 Å². The quantitative estimate of drug-likeness (QED) is 0.132. The second-order valence-electron chi connectivity index (χ2n) is 15.0. The molecule has 0 unspecified atom stereocenters. The van der Waals surface area contributed by atoms with Gasteiger partial charge < -0.3 is 24.4 Å². The molecule has 8 rings (SSSR count). The summed E-state index contributed by atoms with van der Waals surface area (Å²) in [7, 11) is -0.667. The number of aromatic nitrogens is 3. The first kappa shape index (κ1) is 35.0. The SMILES string of the molecule is COc1ccc([Si](C)(C)[C@H]2[C@H](CCn3cc([C@H](O)c4ccccc4)nn3)O[C@@]3(C(=O)N(Cc4cccc(N5CCC5=O)c4)c4ccccc43)[C@@H]2C)cc1. The summed E-state index contributed by atoms with van der Waals surface area (Å²) in [6, 6.07) is 33.8. The topological polar surface area (TPSA) is 110 Å². The Balaban J connectivity index is 1.13. The Morgan fingerprint density at radius 1 is 0.981 bits per heavy atom. The number of amides is 2. The Kier molecular flexibility index (Phi) is 9.04. The maximum Gasteiger partial charge on any atom is 0.264 e. The number of ether oxygens (including phenoxy) is 2. The number of hydrogen-bond acceptors (Lipinski definition) is 7. The summed E-state index contributed by atoms with van der Waals surface area (Å²) in [6.45, 7) is 8.53. The van der Waals surface area contributed by atoms with Crippen LogP contribution in [0.3, 0.4) is 0 Å². The van der Waals surface area contributed by atoms with Crippen LogP contribution in [0.2, 0.25) is 18.6 Å². The summed E-state index contributed by atoms with van der Waals surface area (Å²) in [4.78, 5) is 31.0. The lowest BCUT2D eigenvalue weighted by Gasteiger charge is -2.37. The van der Waals surface area contributed by atoms with Gasteiger partial charge in [-0.3, -0.25) is 14.3 Å². The van der Waals surface area contributed by atoms with Gasteiger partial charge in [-0.25, -0.2) is 0 Å². The molecule has 3 aliphatic heterocycles. The number of methoxy groups -OCH3 is 1. The molecule has 11 heteroatoms. The summed E-state index contributed by atoms with van der Waals surface area (Å²) in [5.41, 5.74) is 3.69. The number of β-lactam (4-membered cyclic amide) rings is 1. The predicted molar refractivity (Wildman–Crippen MR) is 206 cm³/mol. The largest absolute Gasteiger partial charge is 0.497 e. The highest BCUT2D eigenvalue weighted by Gasteiger charge is 2.66. The van der Waals surface area contributed by atoms with Crippen molar-refractivity contribution in [3.63, 3.8) is 0 Å². The third-order valence-corrected chi connectivity index (χ3v) is 16.1. The normalized spacial score (nSPS) is 23.0. The molecule has 2 amide bonds. The lowest BCUT2D eigenvalue weighted by Crippen LogP contribution is -2.51. The number of benzene rings is 4. The molecule has 5 aromatic rings. The van der Waals surface area contributed by atoms with Crippen LogP contribution in [-0.2, 0) is 33.0 Å². The lowest BCUT2D eigenvalue weighted by molar-refractivity contribution is -0.146. The van der Waals surface area contributed by atoms with Gasteiger partial charge >= 0.3 is 0 Å². The number of aliphatic hydroxyl groups is 1. The molecule has 3 aliphatic rings. The molecule has 272 valence electrons. The molecule has 5 atom stereocenters. The second-order valence-corrected chi connectivity index (χ2v) is 19.7. The molecule has 2 saturated heterocycles. The van der Waals surface area contributed by atoms with Crippen molar-refractivity contribution in [3.8, 4) is 5.75 Å². The molecule has 1 N–H and O–H groups in total. The molecule has 2 fully saturated rings. The Morgan fingerprint density at radius 3 is 2.45 bits per heavy atom. The average molecular weight is 728 g/mol. The second kappa shape index (κ2) is 13.7. The number of hydrogen-bond donors (Lipinski definition) is 1. The minimum atomic E-state index is -2.34. The molecule has 0 radical (unpaired) electrons. The van der Waals surface area contributed by atoms with E-state index in [4.69, 9.17) is 9.47 Å². The van der Waals surface area contributed by atoms with Crippen LogP contribution in [0.4, 0.5) is 11.4 Å². The molecule has 0 bridgehead atoms. The van der Waals surface area contributed by atoms with E-state index in [1.54, 1.807) is 22.9 Å². The van der Waals surface area contributed by atoms with E-state index < -0.39 is 19.8 Å². The van der Waals surface area contributed by atoms with Crippen LogP contribution in [-0.4, -0.2) is 59.7 Å². The van der Waals surface area contributed by atoms with E-state index in [2.05, 4.69) is 48.5 Å². The van der Waals surface area contributed by atoms with Crippen molar-refractivity contribution in [2.75, 3.05) is 23.5 Å². The molecular formula is C42H45N5O5Si.